The number of methoxy groups -OCH3 is 1. The summed E-state index contributed by atoms with van der Waals surface area (Å²) in [6.45, 7) is 2.89. The van der Waals surface area contributed by atoms with E-state index in [1.54, 1.807) is 43.5 Å². The molecule has 3 aromatic rings. The summed E-state index contributed by atoms with van der Waals surface area (Å²) in [5.74, 6) is 1.17. The Morgan fingerprint density at radius 2 is 1.43 bits per heavy atom. The summed E-state index contributed by atoms with van der Waals surface area (Å²) in [7, 11) is 1.58. The molecule has 0 aliphatic rings. The van der Waals surface area contributed by atoms with Crippen LogP contribution in [0.3, 0.4) is 0 Å². The van der Waals surface area contributed by atoms with E-state index in [0.29, 0.717) is 17.0 Å². The monoisotopic (exact) mass is 534 g/mol. The van der Waals surface area contributed by atoms with Gasteiger partial charge < -0.3 is 20.1 Å². The van der Waals surface area contributed by atoms with E-state index in [-0.39, 0.29) is 5.91 Å². The Morgan fingerprint density at radius 1 is 0.857 bits per heavy atom. The molecule has 0 fully saturated rings. The second-order valence-electron chi connectivity index (χ2n) is 7.98. The second kappa shape index (κ2) is 12.9. The van der Waals surface area contributed by atoms with Crippen molar-refractivity contribution in [2.75, 3.05) is 19.0 Å². The van der Waals surface area contributed by atoms with Crippen LogP contribution < -0.4 is 20.1 Å². The lowest BCUT2D eigenvalue weighted by Crippen LogP contribution is -2.49. The zero-order valence-corrected chi connectivity index (χ0v) is 22.0. The third-order valence-electron chi connectivity index (χ3n) is 5.36. The van der Waals surface area contributed by atoms with Crippen LogP contribution in [0, 0.1) is 0 Å². The summed E-state index contributed by atoms with van der Waals surface area (Å²) in [4.78, 5) is 12.9. The number of nitrogens with one attached hydrogen (secondary N) is 2. The Hall–Kier alpha value is -2.60. The number of halogens is 3. The summed E-state index contributed by atoms with van der Waals surface area (Å²) < 4.78 is 9.14. The normalized spacial score (nSPS) is 12.0. The van der Waals surface area contributed by atoms with Crippen molar-refractivity contribution in [3.05, 3.63) is 78.4 Å². The van der Waals surface area contributed by atoms with E-state index in [9.17, 15) is 4.79 Å². The maximum atomic E-state index is 12.9. The van der Waals surface area contributed by atoms with E-state index >= 15 is 0 Å². The van der Waals surface area contributed by atoms with Crippen LogP contribution in [0.1, 0.15) is 36.5 Å². The fourth-order valence-electron chi connectivity index (χ4n) is 3.37. The van der Waals surface area contributed by atoms with Gasteiger partial charge in [0.2, 0.25) is 3.79 Å². The number of hydrogen-bond donors (Lipinski definition) is 2. The van der Waals surface area contributed by atoms with Gasteiger partial charge in [0.25, 0.3) is 5.91 Å². The molecule has 5 nitrogen and oxygen atoms in total. The molecule has 0 bridgehead atoms. The number of amides is 1. The third-order valence-corrected chi connectivity index (χ3v) is 6.01. The summed E-state index contributed by atoms with van der Waals surface area (Å²) in [6.07, 6.45) is 2.42. The zero-order valence-electron chi connectivity index (χ0n) is 19.7. The highest BCUT2D eigenvalue weighted by atomic mass is 35.6. The number of rotatable bonds is 11. The van der Waals surface area contributed by atoms with Crippen molar-refractivity contribution in [3.8, 4) is 22.6 Å². The highest BCUT2D eigenvalue weighted by Crippen LogP contribution is 2.32. The van der Waals surface area contributed by atoms with Crippen molar-refractivity contribution in [2.24, 2.45) is 0 Å². The smallest absolute Gasteiger partial charge is 0.252 e. The van der Waals surface area contributed by atoms with E-state index in [2.05, 4.69) is 17.6 Å². The van der Waals surface area contributed by atoms with Crippen molar-refractivity contribution >= 4 is 46.4 Å². The van der Waals surface area contributed by atoms with Crippen LogP contribution in [0.2, 0.25) is 0 Å². The molecular formula is C27H29Cl3N2O3. The van der Waals surface area contributed by atoms with Gasteiger partial charge in [0.1, 0.15) is 17.7 Å². The molecule has 186 valence electrons. The Bertz CT molecular complexity index is 1070. The van der Waals surface area contributed by atoms with E-state index in [1.807, 2.05) is 36.4 Å². The quantitative estimate of drug-likeness (QED) is 0.152. The minimum atomic E-state index is -1.78. The number of carbonyl (C=O) groups is 1. The number of alkyl halides is 3. The molecule has 3 aromatic carbocycles. The number of anilines is 1. The van der Waals surface area contributed by atoms with Crippen LogP contribution in [0.25, 0.3) is 11.1 Å². The number of benzene rings is 3. The molecule has 0 unspecified atom stereocenters. The Labute approximate surface area is 221 Å². The van der Waals surface area contributed by atoms with Gasteiger partial charge in [-0.3, -0.25) is 4.79 Å². The molecule has 0 spiro atoms. The lowest BCUT2D eigenvalue weighted by atomic mass is 10.0. The fraction of sp³-hybridized carbons (Fsp3) is 0.296. The topological polar surface area (TPSA) is 59.6 Å². The van der Waals surface area contributed by atoms with Crippen LogP contribution in [0.4, 0.5) is 5.69 Å². The van der Waals surface area contributed by atoms with Crippen molar-refractivity contribution in [2.45, 2.75) is 36.1 Å². The van der Waals surface area contributed by atoms with E-state index in [4.69, 9.17) is 44.3 Å². The molecule has 1 atom stereocenters. The standard InChI is InChI=1S/C27H29Cl3N2O3/c1-3-4-5-18-35-24-14-10-20(11-15-24)19-6-8-21(9-7-19)25(33)32-26(27(28,29)30)31-22-12-16-23(34-2)17-13-22/h6-17,26,31H,3-5,18H2,1-2H3,(H,32,33)/t26-/m0/s1. The molecule has 3 rings (SSSR count). The van der Waals surface area contributed by atoms with Gasteiger partial charge in [-0.1, -0.05) is 78.8 Å². The molecule has 0 saturated carbocycles. The molecule has 8 heteroatoms. The Balaban J connectivity index is 1.63. The molecule has 35 heavy (non-hydrogen) atoms. The average Bonchev–Trinajstić information content (AvgIpc) is 2.86. The lowest BCUT2D eigenvalue weighted by Gasteiger charge is -2.27. The van der Waals surface area contributed by atoms with Crippen molar-refractivity contribution in [1.29, 1.82) is 0 Å². The van der Waals surface area contributed by atoms with Crippen molar-refractivity contribution in [1.82, 2.24) is 5.32 Å². The van der Waals surface area contributed by atoms with Gasteiger partial charge in [-0.25, -0.2) is 0 Å². The predicted octanol–water partition coefficient (Wildman–Crippen LogP) is 7.47. The molecule has 1 amide bonds. The first-order chi connectivity index (χ1) is 16.8. The van der Waals surface area contributed by atoms with Gasteiger partial charge >= 0.3 is 0 Å². The van der Waals surface area contributed by atoms with Crippen LogP contribution in [-0.2, 0) is 0 Å². The van der Waals surface area contributed by atoms with Crippen molar-refractivity contribution in [3.63, 3.8) is 0 Å². The maximum absolute atomic E-state index is 12.9. The largest absolute Gasteiger partial charge is 0.497 e. The summed E-state index contributed by atoms with van der Waals surface area (Å²) in [6, 6.07) is 22.2. The molecule has 0 radical (unpaired) electrons. The molecule has 0 heterocycles. The number of ether oxygens (including phenoxy) is 2. The minimum absolute atomic E-state index is 0.371. The minimum Gasteiger partial charge on any atom is -0.497 e. The average molecular weight is 536 g/mol. The molecule has 0 saturated heterocycles. The van der Waals surface area contributed by atoms with Gasteiger partial charge in [0, 0.05) is 11.3 Å². The van der Waals surface area contributed by atoms with Gasteiger partial charge in [-0.15, -0.1) is 0 Å². The highest BCUT2D eigenvalue weighted by Gasteiger charge is 2.34. The lowest BCUT2D eigenvalue weighted by molar-refractivity contribution is 0.0942. The number of unbranched alkanes of at least 4 members (excludes halogenated alkanes) is 2. The first kappa shape index (κ1) is 27.0. The number of carbonyl (C=O) groups excluding carboxylic acids is 1. The predicted molar refractivity (Wildman–Crippen MR) is 145 cm³/mol. The summed E-state index contributed by atoms with van der Waals surface area (Å²) in [5, 5.41) is 5.79. The SMILES string of the molecule is CCCCCOc1ccc(-c2ccc(C(=O)N[C@H](Nc3ccc(OC)cc3)C(Cl)(Cl)Cl)cc2)cc1. The van der Waals surface area contributed by atoms with E-state index in [1.165, 1.54) is 6.42 Å². The van der Waals surface area contributed by atoms with Crippen LogP contribution >= 0.6 is 34.8 Å². The van der Waals surface area contributed by atoms with Crippen LogP contribution in [0.5, 0.6) is 11.5 Å². The second-order valence-corrected chi connectivity index (χ2v) is 10.3. The van der Waals surface area contributed by atoms with E-state index < -0.39 is 9.96 Å². The summed E-state index contributed by atoms with van der Waals surface area (Å²) >= 11 is 18.4. The molecule has 0 aliphatic carbocycles. The van der Waals surface area contributed by atoms with Crippen LogP contribution in [0.15, 0.2) is 72.8 Å². The molecule has 0 aromatic heterocycles. The first-order valence-corrected chi connectivity index (χ1v) is 12.5. The molecule has 0 aliphatic heterocycles. The maximum Gasteiger partial charge on any atom is 0.252 e. The van der Waals surface area contributed by atoms with E-state index in [0.717, 1.165) is 36.3 Å². The first-order valence-electron chi connectivity index (χ1n) is 11.4. The number of hydrogen-bond acceptors (Lipinski definition) is 4. The fourth-order valence-corrected chi connectivity index (χ4v) is 3.70. The molecule has 2 N–H and O–H groups in total. The summed E-state index contributed by atoms with van der Waals surface area (Å²) in [5.41, 5.74) is 3.11. The van der Waals surface area contributed by atoms with Crippen molar-refractivity contribution < 1.29 is 14.3 Å². The van der Waals surface area contributed by atoms with Gasteiger partial charge in [0.15, 0.2) is 0 Å². The highest BCUT2D eigenvalue weighted by molar-refractivity contribution is 6.68. The Morgan fingerprint density at radius 3 is 1.97 bits per heavy atom. The Kier molecular flexibility index (Phi) is 9.96. The van der Waals surface area contributed by atoms with Gasteiger partial charge in [0.05, 0.1) is 13.7 Å². The van der Waals surface area contributed by atoms with Gasteiger partial charge in [-0.2, -0.15) is 0 Å². The van der Waals surface area contributed by atoms with Crippen LogP contribution in [-0.4, -0.2) is 29.6 Å². The van der Waals surface area contributed by atoms with Gasteiger partial charge in [-0.05, 0) is 66.1 Å². The zero-order chi connectivity index (χ0) is 25.3. The molecular weight excluding hydrogens is 507 g/mol. The third kappa shape index (κ3) is 8.24.